The average molecular weight is 317 g/mol. The van der Waals surface area contributed by atoms with E-state index in [1.54, 1.807) is 6.33 Å². The topological polar surface area (TPSA) is 46.1 Å². The van der Waals surface area contributed by atoms with Crippen LogP contribution < -0.4 is 4.90 Å². The van der Waals surface area contributed by atoms with Crippen molar-refractivity contribution in [2.45, 2.75) is 38.4 Å². The third kappa shape index (κ3) is 2.41. The summed E-state index contributed by atoms with van der Waals surface area (Å²) in [6, 6.07) is 6.22. The number of hydrogen-bond donors (Lipinski definition) is 0. The molecule has 0 N–H and O–H groups in total. The van der Waals surface area contributed by atoms with Crippen LogP contribution in [-0.2, 0) is 10.8 Å². The number of nitrogens with zero attached hydrogens (tertiary/aromatic N) is 3. The molecule has 22 heavy (non-hydrogen) atoms. The van der Waals surface area contributed by atoms with Crippen LogP contribution in [0.3, 0.4) is 0 Å². The van der Waals surface area contributed by atoms with E-state index in [4.69, 9.17) is 0 Å². The summed E-state index contributed by atoms with van der Waals surface area (Å²) in [6.45, 7) is 7.98. The maximum atomic E-state index is 12.5. The van der Waals surface area contributed by atoms with Crippen molar-refractivity contribution in [2.24, 2.45) is 0 Å². The number of anilines is 1. The molecule has 1 aliphatic rings. The Labute approximate surface area is 134 Å². The second-order valence-corrected chi connectivity index (χ2v) is 7.99. The van der Waals surface area contributed by atoms with E-state index in [0.29, 0.717) is 0 Å². The highest BCUT2D eigenvalue weighted by molar-refractivity contribution is 7.86. The molecule has 1 unspecified atom stereocenters. The van der Waals surface area contributed by atoms with Crippen LogP contribution >= 0.6 is 0 Å². The van der Waals surface area contributed by atoms with Crippen LogP contribution in [0.15, 0.2) is 24.5 Å². The second-order valence-electron chi connectivity index (χ2n) is 6.03. The van der Waals surface area contributed by atoms with Crippen molar-refractivity contribution in [3.63, 3.8) is 0 Å². The van der Waals surface area contributed by atoms with E-state index in [1.165, 1.54) is 5.56 Å². The molecule has 4 nitrogen and oxygen atoms in total. The normalized spacial score (nSPS) is 21.2. The fraction of sp³-hybridized carbons (Fsp3) is 0.529. The summed E-state index contributed by atoms with van der Waals surface area (Å²) in [5, 5.41) is 1.09. The van der Waals surface area contributed by atoms with E-state index in [-0.39, 0.29) is 4.75 Å². The molecule has 0 saturated carbocycles. The van der Waals surface area contributed by atoms with Gasteiger partial charge in [-0.15, -0.1) is 0 Å². The van der Waals surface area contributed by atoms with E-state index < -0.39 is 10.8 Å². The molecule has 3 rings (SSSR count). The van der Waals surface area contributed by atoms with Gasteiger partial charge < -0.3 is 4.90 Å². The molecule has 0 aliphatic carbocycles. The van der Waals surface area contributed by atoms with Crippen molar-refractivity contribution in [1.29, 1.82) is 0 Å². The fourth-order valence-corrected chi connectivity index (χ4v) is 5.12. The van der Waals surface area contributed by atoms with Gasteiger partial charge in [-0.05, 0) is 31.4 Å². The lowest BCUT2D eigenvalue weighted by Gasteiger charge is -2.41. The lowest BCUT2D eigenvalue weighted by molar-refractivity contribution is 0.495. The third-order valence-electron chi connectivity index (χ3n) is 4.94. The van der Waals surface area contributed by atoms with Crippen LogP contribution in [0.1, 0.15) is 32.3 Å². The van der Waals surface area contributed by atoms with Gasteiger partial charge in [-0.3, -0.25) is 4.21 Å². The first-order valence-corrected chi connectivity index (χ1v) is 9.27. The van der Waals surface area contributed by atoms with Gasteiger partial charge in [0.1, 0.15) is 12.1 Å². The molecule has 0 amide bonds. The molecule has 2 heterocycles. The van der Waals surface area contributed by atoms with Crippen molar-refractivity contribution >= 4 is 27.5 Å². The number of benzene rings is 1. The maximum absolute atomic E-state index is 12.5. The van der Waals surface area contributed by atoms with Crippen molar-refractivity contribution in [3.8, 4) is 0 Å². The predicted octanol–water partition coefficient (Wildman–Crippen LogP) is 3.07. The molecule has 5 heteroatoms. The first-order chi connectivity index (χ1) is 10.6. The molecule has 1 saturated heterocycles. The Bertz CT molecular complexity index is 712. The van der Waals surface area contributed by atoms with Gasteiger partial charge in [-0.2, -0.15) is 0 Å². The van der Waals surface area contributed by atoms with Crippen LogP contribution in [0.25, 0.3) is 10.9 Å². The average Bonchev–Trinajstić information content (AvgIpc) is 2.56. The van der Waals surface area contributed by atoms with E-state index in [2.05, 4.69) is 53.8 Å². The molecule has 0 bridgehead atoms. The first-order valence-electron chi connectivity index (χ1n) is 7.95. The van der Waals surface area contributed by atoms with Crippen LogP contribution in [-0.4, -0.2) is 37.8 Å². The molecule has 1 fully saturated rings. The largest absolute Gasteiger partial charge is 0.354 e. The Hall–Kier alpha value is -1.49. The zero-order chi connectivity index (χ0) is 15.7. The molecule has 0 spiro atoms. The van der Waals surface area contributed by atoms with Crippen LogP contribution in [0, 0.1) is 6.92 Å². The molecular formula is C17H23N3OS. The summed E-state index contributed by atoms with van der Waals surface area (Å²) in [6.07, 6.45) is 3.53. The summed E-state index contributed by atoms with van der Waals surface area (Å²) in [5.74, 6) is 1.70. The second kappa shape index (κ2) is 5.95. The molecular weight excluding hydrogens is 294 g/mol. The summed E-state index contributed by atoms with van der Waals surface area (Å²) in [5.41, 5.74) is 2.18. The quantitative estimate of drug-likeness (QED) is 0.873. The van der Waals surface area contributed by atoms with Gasteiger partial charge in [0, 0.05) is 35.0 Å². The monoisotopic (exact) mass is 317 g/mol. The highest BCUT2D eigenvalue weighted by atomic mass is 32.2. The third-order valence-corrected chi connectivity index (χ3v) is 7.17. The summed E-state index contributed by atoms with van der Waals surface area (Å²) in [7, 11) is -0.754. The Morgan fingerprint density at radius 3 is 2.77 bits per heavy atom. The molecule has 1 aromatic heterocycles. The Balaban J connectivity index is 2.05. The highest BCUT2D eigenvalue weighted by Gasteiger charge is 2.39. The van der Waals surface area contributed by atoms with Crippen molar-refractivity contribution in [2.75, 3.05) is 23.7 Å². The lowest BCUT2D eigenvalue weighted by atomic mass is 10.0. The standard InChI is InChI=1S/C17H23N3OS/c1-4-17(5-2)11-20(9-10-22(17)21)16-14-8-6-7-13(3)15(14)18-12-19-16/h6-8,12H,4-5,9-11H2,1-3H3. The summed E-state index contributed by atoms with van der Waals surface area (Å²) in [4.78, 5) is 11.3. The van der Waals surface area contributed by atoms with Gasteiger partial charge in [0.15, 0.2) is 0 Å². The van der Waals surface area contributed by atoms with Gasteiger partial charge in [0.25, 0.3) is 0 Å². The number of para-hydroxylation sites is 1. The number of hydrogen-bond acceptors (Lipinski definition) is 4. The molecule has 0 radical (unpaired) electrons. The molecule has 1 atom stereocenters. The van der Waals surface area contributed by atoms with Gasteiger partial charge in [-0.1, -0.05) is 26.0 Å². The van der Waals surface area contributed by atoms with Gasteiger partial charge >= 0.3 is 0 Å². The van der Waals surface area contributed by atoms with Gasteiger partial charge in [0.05, 0.1) is 10.3 Å². The zero-order valence-corrected chi connectivity index (χ0v) is 14.3. The summed E-state index contributed by atoms with van der Waals surface area (Å²) >= 11 is 0. The van der Waals surface area contributed by atoms with E-state index in [1.807, 2.05) is 0 Å². The number of rotatable bonds is 3. The van der Waals surface area contributed by atoms with Crippen LogP contribution in [0.2, 0.25) is 0 Å². The zero-order valence-electron chi connectivity index (χ0n) is 13.5. The van der Waals surface area contributed by atoms with E-state index in [9.17, 15) is 4.21 Å². The molecule has 2 aromatic rings. The number of aryl methyl sites for hydroxylation is 1. The van der Waals surface area contributed by atoms with Crippen molar-refractivity contribution in [3.05, 3.63) is 30.1 Å². The predicted molar refractivity (Wildman–Crippen MR) is 92.8 cm³/mol. The highest BCUT2D eigenvalue weighted by Crippen LogP contribution is 2.33. The molecule has 1 aromatic carbocycles. The van der Waals surface area contributed by atoms with Crippen LogP contribution in [0.4, 0.5) is 5.82 Å². The minimum absolute atomic E-state index is 0.112. The Kier molecular flexibility index (Phi) is 4.17. The van der Waals surface area contributed by atoms with Gasteiger partial charge in [0.2, 0.25) is 0 Å². The smallest absolute Gasteiger partial charge is 0.139 e. The molecule has 118 valence electrons. The minimum atomic E-state index is -0.754. The number of aromatic nitrogens is 2. The first kappa shape index (κ1) is 15.4. The van der Waals surface area contributed by atoms with E-state index >= 15 is 0 Å². The van der Waals surface area contributed by atoms with Gasteiger partial charge in [-0.25, -0.2) is 9.97 Å². The summed E-state index contributed by atoms with van der Waals surface area (Å²) < 4.78 is 12.4. The van der Waals surface area contributed by atoms with Crippen molar-refractivity contribution in [1.82, 2.24) is 9.97 Å². The lowest BCUT2D eigenvalue weighted by Crippen LogP contribution is -2.53. The Morgan fingerprint density at radius 2 is 2.05 bits per heavy atom. The molecule has 1 aliphatic heterocycles. The van der Waals surface area contributed by atoms with E-state index in [0.717, 1.165) is 48.4 Å². The fourth-order valence-electron chi connectivity index (χ4n) is 3.36. The number of fused-ring (bicyclic) bond motifs is 1. The van der Waals surface area contributed by atoms with Crippen molar-refractivity contribution < 1.29 is 4.21 Å². The SMILES string of the molecule is CCC1(CC)CN(c2ncnc3c(C)cccc23)CCS1=O. The van der Waals surface area contributed by atoms with Crippen LogP contribution in [0.5, 0.6) is 0 Å². The Morgan fingerprint density at radius 1 is 1.27 bits per heavy atom. The minimum Gasteiger partial charge on any atom is -0.354 e. The maximum Gasteiger partial charge on any atom is 0.139 e.